The zero-order valence-corrected chi connectivity index (χ0v) is 11.9. The monoisotopic (exact) mass is 261 g/mol. The van der Waals surface area contributed by atoms with Gasteiger partial charge in [-0.2, -0.15) is 0 Å². The Morgan fingerprint density at radius 3 is 2.47 bits per heavy atom. The quantitative estimate of drug-likeness (QED) is 0.828. The smallest absolute Gasteiger partial charge is 0.130 e. The summed E-state index contributed by atoms with van der Waals surface area (Å²) >= 11 is 0. The molecule has 0 aliphatic rings. The highest BCUT2D eigenvalue weighted by atomic mass is 19.1. The number of methoxy groups -OCH3 is 1. The van der Waals surface area contributed by atoms with E-state index in [-0.39, 0.29) is 5.82 Å². The maximum atomic E-state index is 13.8. The fraction of sp³-hybridized carbons (Fsp3) is 0.312. The van der Waals surface area contributed by atoms with E-state index >= 15 is 0 Å². The lowest BCUT2D eigenvalue weighted by Crippen LogP contribution is -1.96. The standard InChI is InChI=1S/C14H14FNO.C2H6/c1-10-9-16-6-5-11(10)7-12-3-4-13(17-2)8-14(12)15;1-2/h3-6,8-9H,7H2,1-2H3;1-2H3. The van der Waals surface area contributed by atoms with Gasteiger partial charge in [0.05, 0.1) is 7.11 Å². The van der Waals surface area contributed by atoms with Crippen molar-refractivity contribution in [2.24, 2.45) is 0 Å². The van der Waals surface area contributed by atoms with Gasteiger partial charge in [-0.1, -0.05) is 19.9 Å². The average Bonchev–Trinajstić information content (AvgIpc) is 2.45. The molecule has 19 heavy (non-hydrogen) atoms. The van der Waals surface area contributed by atoms with Crippen LogP contribution in [0.15, 0.2) is 36.7 Å². The molecule has 0 amide bonds. The molecule has 102 valence electrons. The molecule has 0 fully saturated rings. The minimum absolute atomic E-state index is 0.236. The second-order valence-corrected chi connectivity index (χ2v) is 3.94. The van der Waals surface area contributed by atoms with E-state index in [1.807, 2.05) is 26.8 Å². The van der Waals surface area contributed by atoms with Crippen molar-refractivity contribution in [2.45, 2.75) is 27.2 Å². The molecule has 0 N–H and O–H groups in total. The van der Waals surface area contributed by atoms with Crippen LogP contribution in [0.1, 0.15) is 30.5 Å². The Kier molecular flexibility index (Phi) is 6.00. The molecule has 0 atom stereocenters. The van der Waals surface area contributed by atoms with Crippen LogP contribution in [-0.4, -0.2) is 12.1 Å². The number of aromatic nitrogens is 1. The van der Waals surface area contributed by atoms with E-state index in [1.54, 1.807) is 24.5 Å². The van der Waals surface area contributed by atoms with Crippen molar-refractivity contribution in [3.05, 3.63) is 59.2 Å². The lowest BCUT2D eigenvalue weighted by Gasteiger charge is -2.07. The number of nitrogens with zero attached hydrogens (tertiary/aromatic N) is 1. The zero-order chi connectivity index (χ0) is 14.3. The summed E-state index contributed by atoms with van der Waals surface area (Å²) in [6.45, 7) is 5.98. The maximum absolute atomic E-state index is 13.8. The third-order valence-corrected chi connectivity index (χ3v) is 2.78. The third-order valence-electron chi connectivity index (χ3n) is 2.78. The van der Waals surface area contributed by atoms with Gasteiger partial charge < -0.3 is 4.74 Å². The summed E-state index contributed by atoms with van der Waals surface area (Å²) < 4.78 is 18.7. The number of hydrogen-bond acceptors (Lipinski definition) is 2. The SMILES string of the molecule is CC.COc1ccc(Cc2ccncc2C)c(F)c1. The Hall–Kier alpha value is -1.90. The summed E-state index contributed by atoms with van der Waals surface area (Å²) in [6.07, 6.45) is 4.09. The Labute approximate surface area is 114 Å². The van der Waals surface area contributed by atoms with Crippen LogP contribution >= 0.6 is 0 Å². The summed E-state index contributed by atoms with van der Waals surface area (Å²) in [5, 5.41) is 0. The largest absolute Gasteiger partial charge is 0.497 e. The Morgan fingerprint density at radius 2 is 1.89 bits per heavy atom. The molecule has 1 aromatic heterocycles. The topological polar surface area (TPSA) is 22.1 Å². The van der Waals surface area contributed by atoms with Crippen LogP contribution in [0.25, 0.3) is 0 Å². The first-order chi connectivity index (χ1) is 9.20. The van der Waals surface area contributed by atoms with Gasteiger partial charge in [-0.3, -0.25) is 4.98 Å². The van der Waals surface area contributed by atoms with Crippen molar-refractivity contribution in [2.75, 3.05) is 7.11 Å². The van der Waals surface area contributed by atoms with Crippen LogP contribution in [0, 0.1) is 12.7 Å². The lowest BCUT2D eigenvalue weighted by molar-refractivity contribution is 0.411. The molecule has 2 nitrogen and oxygen atoms in total. The lowest BCUT2D eigenvalue weighted by atomic mass is 10.0. The molecule has 0 spiro atoms. The van der Waals surface area contributed by atoms with E-state index in [4.69, 9.17) is 4.74 Å². The highest BCUT2D eigenvalue weighted by molar-refractivity contribution is 5.34. The van der Waals surface area contributed by atoms with E-state index in [1.165, 1.54) is 13.2 Å². The van der Waals surface area contributed by atoms with Gasteiger partial charge in [0.2, 0.25) is 0 Å². The Morgan fingerprint density at radius 1 is 1.16 bits per heavy atom. The molecule has 0 bridgehead atoms. The van der Waals surface area contributed by atoms with Crippen molar-refractivity contribution < 1.29 is 9.13 Å². The van der Waals surface area contributed by atoms with Crippen LogP contribution in [0.3, 0.4) is 0 Å². The predicted molar refractivity (Wildman–Crippen MR) is 76.1 cm³/mol. The first kappa shape index (κ1) is 15.2. The fourth-order valence-corrected chi connectivity index (χ4v) is 1.70. The molecule has 0 aliphatic carbocycles. The first-order valence-electron chi connectivity index (χ1n) is 6.42. The number of rotatable bonds is 3. The summed E-state index contributed by atoms with van der Waals surface area (Å²) in [6, 6.07) is 6.85. The van der Waals surface area contributed by atoms with Gasteiger partial charge in [0.1, 0.15) is 11.6 Å². The number of ether oxygens (including phenoxy) is 1. The number of hydrogen-bond donors (Lipinski definition) is 0. The van der Waals surface area contributed by atoms with Crippen LogP contribution < -0.4 is 4.74 Å². The number of halogens is 1. The second kappa shape index (κ2) is 7.52. The van der Waals surface area contributed by atoms with Crippen molar-refractivity contribution in [3.63, 3.8) is 0 Å². The van der Waals surface area contributed by atoms with E-state index in [2.05, 4.69) is 4.98 Å². The third kappa shape index (κ3) is 4.05. The van der Waals surface area contributed by atoms with Crippen molar-refractivity contribution in [1.82, 2.24) is 4.98 Å². The van der Waals surface area contributed by atoms with E-state index in [0.717, 1.165) is 11.1 Å². The van der Waals surface area contributed by atoms with Crippen LogP contribution in [-0.2, 0) is 6.42 Å². The van der Waals surface area contributed by atoms with Crippen molar-refractivity contribution in [1.29, 1.82) is 0 Å². The summed E-state index contributed by atoms with van der Waals surface area (Å²) in [5.74, 6) is 0.304. The molecular formula is C16H20FNO. The Balaban J connectivity index is 0.000000861. The number of benzene rings is 1. The highest BCUT2D eigenvalue weighted by Crippen LogP contribution is 2.20. The molecule has 2 aromatic rings. The molecule has 0 saturated carbocycles. The van der Waals surface area contributed by atoms with Gasteiger partial charge in [-0.15, -0.1) is 0 Å². The Bertz CT molecular complexity index is 526. The van der Waals surface area contributed by atoms with Gasteiger partial charge in [-0.25, -0.2) is 4.39 Å². The van der Waals surface area contributed by atoms with E-state index in [9.17, 15) is 4.39 Å². The second-order valence-electron chi connectivity index (χ2n) is 3.94. The van der Waals surface area contributed by atoms with Crippen molar-refractivity contribution in [3.8, 4) is 5.75 Å². The van der Waals surface area contributed by atoms with Gasteiger partial charge in [0.25, 0.3) is 0 Å². The van der Waals surface area contributed by atoms with Crippen LogP contribution in [0.2, 0.25) is 0 Å². The first-order valence-corrected chi connectivity index (χ1v) is 6.42. The molecule has 0 radical (unpaired) electrons. The number of pyridine rings is 1. The molecule has 1 heterocycles. The summed E-state index contributed by atoms with van der Waals surface area (Å²) in [7, 11) is 1.53. The number of aryl methyl sites for hydroxylation is 1. The van der Waals surface area contributed by atoms with Gasteiger partial charge in [-0.05, 0) is 35.7 Å². The molecule has 0 unspecified atom stereocenters. The molecule has 1 aromatic carbocycles. The van der Waals surface area contributed by atoms with Crippen LogP contribution in [0.5, 0.6) is 5.75 Å². The fourth-order valence-electron chi connectivity index (χ4n) is 1.70. The maximum Gasteiger partial charge on any atom is 0.130 e. The molecule has 3 heteroatoms. The zero-order valence-electron chi connectivity index (χ0n) is 11.9. The van der Waals surface area contributed by atoms with Gasteiger partial charge in [0, 0.05) is 24.9 Å². The molecule has 0 saturated heterocycles. The van der Waals surface area contributed by atoms with E-state index < -0.39 is 0 Å². The molecule has 2 rings (SSSR count). The van der Waals surface area contributed by atoms with Crippen molar-refractivity contribution >= 4 is 0 Å². The highest BCUT2D eigenvalue weighted by Gasteiger charge is 2.06. The minimum atomic E-state index is -0.236. The molecule has 0 aliphatic heterocycles. The predicted octanol–water partition coefficient (Wildman–Crippen LogP) is 4.15. The normalized spacial score (nSPS) is 9.53. The summed E-state index contributed by atoms with van der Waals surface area (Å²) in [5.41, 5.74) is 2.83. The summed E-state index contributed by atoms with van der Waals surface area (Å²) in [4.78, 5) is 4.02. The average molecular weight is 261 g/mol. The molecular weight excluding hydrogens is 241 g/mol. The minimum Gasteiger partial charge on any atom is -0.497 e. The van der Waals surface area contributed by atoms with Gasteiger partial charge >= 0.3 is 0 Å². The van der Waals surface area contributed by atoms with Crippen LogP contribution in [0.4, 0.5) is 4.39 Å². The van der Waals surface area contributed by atoms with Gasteiger partial charge in [0.15, 0.2) is 0 Å². The van der Waals surface area contributed by atoms with E-state index in [0.29, 0.717) is 17.7 Å².